The van der Waals surface area contributed by atoms with Crippen molar-refractivity contribution in [1.82, 2.24) is 14.9 Å². The first kappa shape index (κ1) is 25.1. The average molecular weight is 506 g/mol. The van der Waals surface area contributed by atoms with Gasteiger partial charge in [0.05, 0.1) is 7.11 Å². The Hall–Kier alpha value is -4.58. The van der Waals surface area contributed by atoms with Crippen LogP contribution in [0.2, 0.25) is 0 Å². The van der Waals surface area contributed by atoms with Crippen molar-refractivity contribution >= 4 is 16.8 Å². The van der Waals surface area contributed by atoms with E-state index in [9.17, 15) is 4.79 Å². The van der Waals surface area contributed by atoms with Crippen LogP contribution in [-0.2, 0) is 25.0 Å². The molecule has 1 N–H and O–H groups in total. The number of hydrogen-bond acceptors (Lipinski definition) is 4. The standard InChI is InChI=1S/C32H31N3O3/c1-35-21-28(26-10-6-7-11-29(26)35)27(19-32(36)34-20-23-14-16-33-17-15-23)25-12-13-30(31(18-25)37-2)38-22-24-8-4-3-5-9-24/h3-18,21,27H,19-20,22H2,1-2H3,(H,34,36)/t27-/m0/s1. The number of nitrogens with zero attached hydrogens (tertiary/aromatic N) is 2. The van der Waals surface area contributed by atoms with Crippen molar-refractivity contribution in [3.63, 3.8) is 0 Å². The average Bonchev–Trinajstić information content (AvgIpc) is 3.31. The Balaban J connectivity index is 1.44. The van der Waals surface area contributed by atoms with Crippen molar-refractivity contribution in [3.05, 3.63) is 126 Å². The molecule has 38 heavy (non-hydrogen) atoms. The molecule has 1 atom stereocenters. The lowest BCUT2D eigenvalue weighted by molar-refractivity contribution is -0.121. The van der Waals surface area contributed by atoms with Crippen LogP contribution in [0.4, 0.5) is 0 Å². The smallest absolute Gasteiger partial charge is 0.221 e. The molecule has 6 nitrogen and oxygen atoms in total. The third-order valence-corrected chi connectivity index (χ3v) is 6.76. The van der Waals surface area contributed by atoms with Gasteiger partial charge in [-0.25, -0.2) is 0 Å². The molecule has 0 aliphatic heterocycles. The fourth-order valence-corrected chi connectivity index (χ4v) is 4.77. The number of ether oxygens (including phenoxy) is 2. The second kappa shape index (κ2) is 11.6. The number of aromatic nitrogens is 2. The normalized spacial score (nSPS) is 11.7. The van der Waals surface area contributed by atoms with Gasteiger partial charge in [-0.1, -0.05) is 54.6 Å². The van der Waals surface area contributed by atoms with Crippen LogP contribution in [0.3, 0.4) is 0 Å². The van der Waals surface area contributed by atoms with Crippen molar-refractivity contribution in [2.75, 3.05) is 7.11 Å². The van der Waals surface area contributed by atoms with Gasteiger partial charge in [0.1, 0.15) is 6.61 Å². The van der Waals surface area contributed by atoms with E-state index in [1.165, 1.54) is 0 Å². The Bertz CT molecular complexity index is 1510. The molecule has 0 aliphatic carbocycles. The van der Waals surface area contributed by atoms with Crippen LogP contribution < -0.4 is 14.8 Å². The first-order valence-electron chi connectivity index (χ1n) is 12.7. The van der Waals surface area contributed by atoms with E-state index in [0.29, 0.717) is 31.1 Å². The van der Waals surface area contributed by atoms with Crippen molar-refractivity contribution in [3.8, 4) is 11.5 Å². The van der Waals surface area contributed by atoms with E-state index >= 15 is 0 Å². The van der Waals surface area contributed by atoms with Crippen LogP contribution in [0.5, 0.6) is 11.5 Å². The molecule has 0 aliphatic rings. The van der Waals surface area contributed by atoms with Crippen molar-refractivity contribution in [1.29, 1.82) is 0 Å². The highest BCUT2D eigenvalue weighted by atomic mass is 16.5. The van der Waals surface area contributed by atoms with Gasteiger partial charge in [-0.15, -0.1) is 0 Å². The number of amides is 1. The summed E-state index contributed by atoms with van der Waals surface area (Å²) in [6.45, 7) is 0.903. The highest BCUT2D eigenvalue weighted by molar-refractivity contribution is 5.86. The molecule has 2 aromatic heterocycles. The largest absolute Gasteiger partial charge is 0.493 e. The fourth-order valence-electron chi connectivity index (χ4n) is 4.77. The zero-order chi connectivity index (χ0) is 26.3. The molecule has 192 valence electrons. The molecule has 3 aromatic carbocycles. The van der Waals surface area contributed by atoms with Crippen LogP contribution in [0.1, 0.15) is 34.6 Å². The molecule has 0 fully saturated rings. The van der Waals surface area contributed by atoms with E-state index in [4.69, 9.17) is 9.47 Å². The minimum Gasteiger partial charge on any atom is -0.493 e. The molecule has 5 rings (SSSR count). The maximum Gasteiger partial charge on any atom is 0.221 e. The Morgan fingerprint density at radius 1 is 0.921 bits per heavy atom. The number of benzene rings is 3. The number of fused-ring (bicyclic) bond motifs is 1. The molecule has 0 spiro atoms. The van der Waals surface area contributed by atoms with Gasteiger partial charge in [-0.3, -0.25) is 9.78 Å². The predicted molar refractivity (Wildman–Crippen MR) is 149 cm³/mol. The molecule has 1 amide bonds. The lowest BCUT2D eigenvalue weighted by Crippen LogP contribution is -2.25. The number of nitrogens with one attached hydrogen (secondary N) is 1. The summed E-state index contributed by atoms with van der Waals surface area (Å²) in [6, 6.07) is 28.1. The third kappa shape index (κ3) is 5.70. The molecular weight excluding hydrogens is 474 g/mol. The molecule has 0 saturated heterocycles. The third-order valence-electron chi connectivity index (χ3n) is 6.76. The van der Waals surface area contributed by atoms with Crippen LogP contribution >= 0.6 is 0 Å². The van der Waals surface area contributed by atoms with E-state index in [-0.39, 0.29) is 11.8 Å². The minimum atomic E-state index is -0.171. The summed E-state index contributed by atoms with van der Waals surface area (Å²) in [7, 11) is 3.68. The lowest BCUT2D eigenvalue weighted by atomic mass is 9.87. The molecule has 6 heteroatoms. The number of carbonyl (C=O) groups excluding carboxylic acids is 1. The first-order valence-corrected chi connectivity index (χ1v) is 12.7. The number of pyridine rings is 1. The number of rotatable bonds is 10. The fraction of sp³-hybridized carbons (Fsp3) is 0.188. The monoisotopic (exact) mass is 505 g/mol. The number of carbonyl (C=O) groups is 1. The highest BCUT2D eigenvalue weighted by Crippen LogP contribution is 2.38. The number of methoxy groups -OCH3 is 1. The second-order valence-electron chi connectivity index (χ2n) is 9.29. The van der Waals surface area contributed by atoms with E-state index in [2.05, 4.69) is 33.2 Å². The first-order chi connectivity index (χ1) is 18.6. The van der Waals surface area contributed by atoms with Gasteiger partial charge >= 0.3 is 0 Å². The molecule has 5 aromatic rings. The van der Waals surface area contributed by atoms with Crippen molar-refractivity contribution < 1.29 is 14.3 Å². The van der Waals surface area contributed by atoms with E-state index < -0.39 is 0 Å². The Labute approximate surface area is 222 Å². The zero-order valence-corrected chi connectivity index (χ0v) is 21.6. The van der Waals surface area contributed by atoms with Crippen LogP contribution in [-0.4, -0.2) is 22.6 Å². The molecular formula is C32H31N3O3. The Kier molecular flexibility index (Phi) is 7.69. The van der Waals surface area contributed by atoms with Gasteiger partial charge < -0.3 is 19.4 Å². The quantitative estimate of drug-likeness (QED) is 0.253. The topological polar surface area (TPSA) is 65.4 Å². The summed E-state index contributed by atoms with van der Waals surface area (Å²) in [5.74, 6) is 1.11. The maximum absolute atomic E-state index is 13.2. The Morgan fingerprint density at radius 2 is 1.68 bits per heavy atom. The van der Waals surface area contributed by atoms with Crippen molar-refractivity contribution in [2.45, 2.75) is 25.5 Å². The summed E-state index contributed by atoms with van der Waals surface area (Å²) < 4.78 is 13.9. The maximum atomic E-state index is 13.2. The molecule has 2 heterocycles. The van der Waals surface area contributed by atoms with Gasteiger partial charge in [0.15, 0.2) is 11.5 Å². The highest BCUT2D eigenvalue weighted by Gasteiger charge is 2.23. The SMILES string of the molecule is COc1cc([C@H](CC(=O)NCc2ccncc2)c2cn(C)c3ccccc23)ccc1OCc1ccccc1. The van der Waals surface area contributed by atoms with Crippen LogP contribution in [0.15, 0.2) is 104 Å². The summed E-state index contributed by atoms with van der Waals surface area (Å²) >= 11 is 0. The second-order valence-corrected chi connectivity index (χ2v) is 9.29. The number of para-hydroxylation sites is 1. The molecule has 0 unspecified atom stereocenters. The zero-order valence-electron chi connectivity index (χ0n) is 21.6. The molecule has 0 bridgehead atoms. The summed E-state index contributed by atoms with van der Waals surface area (Å²) in [6.07, 6.45) is 5.88. The minimum absolute atomic E-state index is 0.0249. The van der Waals surface area contributed by atoms with Gasteiger partial charge in [-0.2, -0.15) is 0 Å². The van der Waals surface area contributed by atoms with E-state index in [1.807, 2.05) is 79.8 Å². The molecule has 0 radical (unpaired) electrons. The summed E-state index contributed by atoms with van der Waals surface area (Å²) in [5.41, 5.74) is 5.31. The van der Waals surface area contributed by atoms with Crippen molar-refractivity contribution in [2.24, 2.45) is 7.05 Å². The van der Waals surface area contributed by atoms with E-state index in [0.717, 1.165) is 33.2 Å². The lowest BCUT2D eigenvalue weighted by Gasteiger charge is -2.19. The predicted octanol–water partition coefficient (Wildman–Crippen LogP) is 6.00. The van der Waals surface area contributed by atoms with E-state index in [1.54, 1.807) is 19.5 Å². The van der Waals surface area contributed by atoms with Crippen LogP contribution in [0, 0.1) is 0 Å². The van der Waals surface area contributed by atoms with Gasteiger partial charge in [0, 0.05) is 55.4 Å². The van der Waals surface area contributed by atoms with Gasteiger partial charge in [0.25, 0.3) is 0 Å². The summed E-state index contributed by atoms with van der Waals surface area (Å²) in [5, 5.41) is 4.20. The number of hydrogen-bond donors (Lipinski definition) is 1. The molecule has 0 saturated carbocycles. The van der Waals surface area contributed by atoms with Gasteiger partial charge in [0.2, 0.25) is 5.91 Å². The van der Waals surface area contributed by atoms with Gasteiger partial charge in [-0.05, 0) is 52.6 Å². The number of aryl methyl sites for hydroxylation is 1. The van der Waals surface area contributed by atoms with Crippen LogP contribution in [0.25, 0.3) is 10.9 Å². The Morgan fingerprint density at radius 3 is 2.47 bits per heavy atom. The summed E-state index contributed by atoms with van der Waals surface area (Å²) in [4.78, 5) is 17.3.